The largest absolute Gasteiger partial charge is 0.494 e. The lowest BCUT2D eigenvalue weighted by atomic mass is 9.95. The zero-order valence-electron chi connectivity index (χ0n) is 19.9. The number of carbonyl (C=O) groups is 1. The second-order valence-electron chi connectivity index (χ2n) is 8.21. The van der Waals surface area contributed by atoms with Gasteiger partial charge in [0.1, 0.15) is 17.0 Å². The van der Waals surface area contributed by atoms with Crippen LogP contribution in [0.25, 0.3) is 10.9 Å². The first kappa shape index (κ1) is 22.9. The van der Waals surface area contributed by atoms with E-state index in [1.807, 2.05) is 55.9 Å². The van der Waals surface area contributed by atoms with Crippen LogP contribution in [-0.4, -0.2) is 47.0 Å². The Morgan fingerprint density at radius 1 is 1.12 bits per heavy atom. The van der Waals surface area contributed by atoms with E-state index in [0.29, 0.717) is 30.4 Å². The van der Waals surface area contributed by atoms with Crippen LogP contribution in [0.5, 0.6) is 11.5 Å². The highest BCUT2D eigenvalue weighted by molar-refractivity contribution is 5.95. The number of benzene rings is 1. The third kappa shape index (κ3) is 4.74. The van der Waals surface area contributed by atoms with Gasteiger partial charge in [0.15, 0.2) is 5.82 Å². The van der Waals surface area contributed by atoms with E-state index < -0.39 is 0 Å². The maximum absolute atomic E-state index is 13.1. The Morgan fingerprint density at radius 2 is 1.88 bits per heavy atom. The quantitative estimate of drug-likeness (QED) is 0.546. The van der Waals surface area contributed by atoms with E-state index in [9.17, 15) is 4.79 Å². The number of hydrogen-bond acceptors (Lipinski definition) is 6. The van der Waals surface area contributed by atoms with E-state index in [0.717, 1.165) is 54.9 Å². The molecule has 3 heterocycles. The molecule has 0 unspecified atom stereocenters. The minimum atomic E-state index is -0.0662. The van der Waals surface area contributed by atoms with Gasteiger partial charge in [-0.3, -0.25) is 9.48 Å². The molecule has 8 heteroatoms. The average molecular weight is 452 g/mol. The number of hydrogen-bond donors (Lipinski definition) is 1. The molecule has 1 fully saturated rings. The van der Waals surface area contributed by atoms with Crippen molar-refractivity contribution in [2.45, 2.75) is 47.1 Å². The molecule has 0 aliphatic carbocycles. The third-order valence-corrected chi connectivity index (χ3v) is 6.11. The molecule has 1 saturated heterocycles. The normalized spacial score (nSPS) is 14.5. The van der Waals surface area contributed by atoms with Crippen LogP contribution in [0.15, 0.2) is 30.5 Å². The highest BCUT2D eigenvalue weighted by Gasteiger charge is 2.28. The minimum absolute atomic E-state index is 0.0184. The standard InChI is InChI=1S/C25H33N5O3/c1-5-30-23-20(17(4)28-30)10-13-26-24(23)29-14-11-18(12-15-29)25(31)27-21-16-19(32-6-2)8-9-22(21)33-7-3/h8-10,13,16,18H,5-7,11-12,14-15H2,1-4H3,(H,27,31). The monoisotopic (exact) mass is 451 g/mol. The van der Waals surface area contributed by atoms with Gasteiger partial charge in [-0.05, 0) is 58.7 Å². The van der Waals surface area contributed by atoms with Gasteiger partial charge in [0, 0.05) is 43.2 Å². The summed E-state index contributed by atoms with van der Waals surface area (Å²) in [6.45, 7) is 11.4. The fourth-order valence-corrected chi connectivity index (χ4v) is 4.47. The SMILES string of the molecule is CCOc1ccc(OCC)c(NC(=O)C2CCN(c3nccc4c(C)nn(CC)c34)CC2)c1. The van der Waals surface area contributed by atoms with Gasteiger partial charge >= 0.3 is 0 Å². The van der Waals surface area contributed by atoms with Crippen molar-refractivity contribution in [1.82, 2.24) is 14.8 Å². The van der Waals surface area contributed by atoms with Crippen LogP contribution in [0.4, 0.5) is 11.5 Å². The van der Waals surface area contributed by atoms with Crippen molar-refractivity contribution in [3.8, 4) is 11.5 Å². The van der Waals surface area contributed by atoms with Gasteiger partial charge < -0.3 is 19.7 Å². The topological polar surface area (TPSA) is 81.5 Å². The number of aromatic nitrogens is 3. The van der Waals surface area contributed by atoms with Gasteiger partial charge in [-0.1, -0.05) is 0 Å². The molecule has 1 aliphatic rings. The zero-order chi connectivity index (χ0) is 23.4. The van der Waals surface area contributed by atoms with E-state index in [2.05, 4.69) is 27.2 Å². The molecule has 176 valence electrons. The van der Waals surface area contributed by atoms with Crippen molar-refractivity contribution >= 4 is 28.3 Å². The number of nitrogens with one attached hydrogen (secondary N) is 1. The Kier molecular flexibility index (Phi) is 7.01. The van der Waals surface area contributed by atoms with Crippen molar-refractivity contribution in [3.63, 3.8) is 0 Å². The molecule has 0 saturated carbocycles. The Morgan fingerprint density at radius 3 is 2.58 bits per heavy atom. The van der Waals surface area contributed by atoms with Crippen molar-refractivity contribution in [2.24, 2.45) is 5.92 Å². The summed E-state index contributed by atoms with van der Waals surface area (Å²) in [6.07, 6.45) is 3.38. The van der Waals surface area contributed by atoms with E-state index in [-0.39, 0.29) is 11.8 Å². The summed E-state index contributed by atoms with van der Waals surface area (Å²) in [5.41, 5.74) is 2.75. The Hall–Kier alpha value is -3.29. The number of anilines is 2. The molecular formula is C25H33N5O3. The average Bonchev–Trinajstić information content (AvgIpc) is 3.17. The fraction of sp³-hybridized carbons (Fsp3) is 0.480. The van der Waals surface area contributed by atoms with Crippen LogP contribution < -0.4 is 19.7 Å². The molecule has 2 aromatic heterocycles. The first-order chi connectivity index (χ1) is 16.0. The zero-order valence-corrected chi connectivity index (χ0v) is 19.9. The van der Waals surface area contributed by atoms with Gasteiger partial charge in [0.2, 0.25) is 5.91 Å². The van der Waals surface area contributed by atoms with Crippen molar-refractivity contribution in [3.05, 3.63) is 36.2 Å². The molecule has 3 aromatic rings. The number of carbonyl (C=O) groups excluding carboxylic acids is 1. The minimum Gasteiger partial charge on any atom is -0.494 e. The third-order valence-electron chi connectivity index (χ3n) is 6.11. The molecule has 1 N–H and O–H groups in total. The molecule has 1 amide bonds. The number of nitrogens with zero attached hydrogens (tertiary/aromatic N) is 4. The van der Waals surface area contributed by atoms with Gasteiger partial charge in [0.25, 0.3) is 0 Å². The first-order valence-electron chi connectivity index (χ1n) is 11.8. The highest BCUT2D eigenvalue weighted by atomic mass is 16.5. The number of pyridine rings is 1. The maximum Gasteiger partial charge on any atom is 0.227 e. The van der Waals surface area contributed by atoms with Crippen molar-refractivity contribution < 1.29 is 14.3 Å². The van der Waals surface area contributed by atoms with Crippen LogP contribution in [-0.2, 0) is 11.3 Å². The summed E-state index contributed by atoms with van der Waals surface area (Å²) < 4.78 is 13.3. The van der Waals surface area contributed by atoms with Crippen LogP contribution in [0.2, 0.25) is 0 Å². The lowest BCUT2D eigenvalue weighted by Crippen LogP contribution is -2.38. The Balaban J connectivity index is 1.46. The van der Waals surface area contributed by atoms with Gasteiger partial charge in [-0.2, -0.15) is 5.10 Å². The number of fused-ring (bicyclic) bond motifs is 1. The summed E-state index contributed by atoms with van der Waals surface area (Å²) >= 11 is 0. The molecule has 1 aliphatic heterocycles. The predicted molar refractivity (Wildman–Crippen MR) is 130 cm³/mol. The molecular weight excluding hydrogens is 418 g/mol. The number of amides is 1. The number of piperidine rings is 1. The summed E-state index contributed by atoms with van der Waals surface area (Å²) in [7, 11) is 0. The van der Waals surface area contributed by atoms with Crippen molar-refractivity contribution in [1.29, 1.82) is 0 Å². The Labute approximate surface area is 194 Å². The van der Waals surface area contributed by atoms with Gasteiger partial charge in [-0.15, -0.1) is 0 Å². The number of aryl methyl sites for hydroxylation is 2. The second kappa shape index (κ2) is 10.1. The van der Waals surface area contributed by atoms with Gasteiger partial charge in [0.05, 0.1) is 24.6 Å². The summed E-state index contributed by atoms with van der Waals surface area (Å²) in [5, 5.41) is 8.88. The molecule has 4 rings (SSSR count). The van der Waals surface area contributed by atoms with Crippen molar-refractivity contribution in [2.75, 3.05) is 36.5 Å². The summed E-state index contributed by atoms with van der Waals surface area (Å²) in [4.78, 5) is 20.1. The maximum atomic E-state index is 13.1. The Bertz CT molecular complexity index is 1120. The second-order valence-corrected chi connectivity index (χ2v) is 8.21. The smallest absolute Gasteiger partial charge is 0.227 e. The molecule has 33 heavy (non-hydrogen) atoms. The fourth-order valence-electron chi connectivity index (χ4n) is 4.47. The molecule has 1 aromatic carbocycles. The van der Waals surface area contributed by atoms with Crippen LogP contribution in [0, 0.1) is 12.8 Å². The predicted octanol–water partition coefficient (Wildman–Crippen LogP) is 4.41. The molecule has 8 nitrogen and oxygen atoms in total. The van der Waals surface area contributed by atoms with Crippen LogP contribution >= 0.6 is 0 Å². The van der Waals surface area contributed by atoms with E-state index in [1.54, 1.807) is 0 Å². The molecule has 0 bridgehead atoms. The molecule has 0 atom stereocenters. The van der Waals surface area contributed by atoms with E-state index in [1.165, 1.54) is 0 Å². The number of rotatable bonds is 8. The lowest BCUT2D eigenvalue weighted by molar-refractivity contribution is -0.120. The highest BCUT2D eigenvalue weighted by Crippen LogP contribution is 2.33. The van der Waals surface area contributed by atoms with Crippen LogP contribution in [0.3, 0.4) is 0 Å². The summed E-state index contributed by atoms with van der Waals surface area (Å²) in [6, 6.07) is 7.57. The summed E-state index contributed by atoms with van der Waals surface area (Å²) in [5.74, 6) is 2.28. The first-order valence-corrected chi connectivity index (χ1v) is 11.8. The van der Waals surface area contributed by atoms with E-state index in [4.69, 9.17) is 9.47 Å². The van der Waals surface area contributed by atoms with Gasteiger partial charge in [-0.25, -0.2) is 4.98 Å². The number of ether oxygens (including phenoxy) is 2. The van der Waals surface area contributed by atoms with E-state index >= 15 is 0 Å². The molecule has 0 spiro atoms. The lowest BCUT2D eigenvalue weighted by Gasteiger charge is -2.32. The van der Waals surface area contributed by atoms with Crippen LogP contribution in [0.1, 0.15) is 39.3 Å². The molecule has 0 radical (unpaired) electrons.